The Morgan fingerprint density at radius 3 is 1.28 bits per heavy atom. The number of hydrogen-bond acceptors (Lipinski definition) is 3. The van der Waals surface area contributed by atoms with Crippen molar-refractivity contribution in [3.63, 3.8) is 0 Å². The standard InChI is InChI=1S/C42H52O3Si2/c1-33-28-29-41(31-44-46(39(2,3)4,34-20-12-8-13-21-34)35-22-14-9-15-23-35)30-42(41,38(33)43)32-45-47(40(5,6)7,36-24-16-10-17-25-36)37-26-18-11-19-27-37/h8-29,33,38,43H,30-32H2,1-7H3/t33-,38-,41-,42+/m0/s1. The molecule has 0 heterocycles. The summed E-state index contributed by atoms with van der Waals surface area (Å²) in [6.07, 6.45) is 4.91. The SMILES string of the molecule is C[C@H]1C=C[C@@]2(CO[Si](c3ccccc3)(c3ccccc3)C(C)(C)C)C[C@@]2(CO[Si](c2ccccc2)(c2ccccc2)C(C)(C)C)[C@H]1O. The predicted molar refractivity (Wildman–Crippen MR) is 201 cm³/mol. The molecule has 0 spiro atoms. The average Bonchev–Trinajstić information content (AvgIpc) is 3.74. The Bertz CT molecular complexity index is 1580. The molecular weight excluding hydrogens is 609 g/mol. The number of benzene rings is 4. The third-order valence-corrected chi connectivity index (χ3v) is 21.2. The van der Waals surface area contributed by atoms with Crippen LogP contribution >= 0.6 is 0 Å². The van der Waals surface area contributed by atoms with E-state index in [4.69, 9.17) is 8.85 Å². The van der Waals surface area contributed by atoms with Crippen molar-refractivity contribution in [3.8, 4) is 0 Å². The van der Waals surface area contributed by atoms with Crippen molar-refractivity contribution in [3.05, 3.63) is 133 Å². The van der Waals surface area contributed by atoms with E-state index in [-0.39, 0.29) is 21.4 Å². The van der Waals surface area contributed by atoms with E-state index < -0.39 is 28.2 Å². The monoisotopic (exact) mass is 660 g/mol. The molecule has 5 heteroatoms. The Balaban J connectivity index is 1.41. The highest BCUT2D eigenvalue weighted by molar-refractivity contribution is 7.00. The Kier molecular flexibility index (Phi) is 8.94. The lowest BCUT2D eigenvalue weighted by molar-refractivity contribution is -0.00255. The number of aliphatic hydroxyl groups excluding tert-OH is 1. The van der Waals surface area contributed by atoms with Crippen LogP contribution in [0.3, 0.4) is 0 Å². The van der Waals surface area contributed by atoms with Crippen LogP contribution in [0, 0.1) is 16.7 Å². The Morgan fingerprint density at radius 2 is 0.936 bits per heavy atom. The molecular formula is C42H52O3Si2. The van der Waals surface area contributed by atoms with E-state index in [0.717, 1.165) is 6.42 Å². The number of hydrogen-bond donors (Lipinski definition) is 1. The van der Waals surface area contributed by atoms with Crippen molar-refractivity contribution in [1.29, 1.82) is 0 Å². The van der Waals surface area contributed by atoms with Gasteiger partial charge in [-0.25, -0.2) is 0 Å². The van der Waals surface area contributed by atoms with Crippen molar-refractivity contribution in [2.45, 2.75) is 71.1 Å². The van der Waals surface area contributed by atoms with Crippen molar-refractivity contribution >= 4 is 37.4 Å². The largest absolute Gasteiger partial charge is 0.407 e. The summed E-state index contributed by atoms with van der Waals surface area (Å²) in [5.41, 5.74) is -0.739. The summed E-state index contributed by atoms with van der Waals surface area (Å²) in [7, 11) is -5.57. The van der Waals surface area contributed by atoms with Crippen LogP contribution in [0.25, 0.3) is 0 Å². The van der Waals surface area contributed by atoms with Crippen molar-refractivity contribution in [1.82, 2.24) is 0 Å². The molecule has 0 aliphatic heterocycles. The van der Waals surface area contributed by atoms with E-state index in [9.17, 15) is 5.11 Å². The van der Waals surface area contributed by atoms with Crippen LogP contribution in [0.4, 0.5) is 0 Å². The van der Waals surface area contributed by atoms with E-state index in [1.807, 2.05) is 0 Å². The van der Waals surface area contributed by atoms with Crippen LogP contribution in [0.2, 0.25) is 10.1 Å². The lowest BCUT2D eigenvalue weighted by Crippen LogP contribution is -2.68. The Labute approximate surface area is 285 Å². The van der Waals surface area contributed by atoms with Crippen LogP contribution < -0.4 is 20.7 Å². The fraction of sp³-hybridized carbons (Fsp3) is 0.381. The molecule has 2 aliphatic rings. The summed E-state index contributed by atoms with van der Waals surface area (Å²) in [5.74, 6) is 0.0428. The molecule has 0 unspecified atom stereocenters. The summed E-state index contributed by atoms with van der Waals surface area (Å²) in [6, 6.07) is 43.4. The molecule has 1 N–H and O–H groups in total. The minimum atomic E-state index is -2.80. The van der Waals surface area contributed by atoms with Gasteiger partial charge in [0.25, 0.3) is 16.6 Å². The molecule has 47 heavy (non-hydrogen) atoms. The van der Waals surface area contributed by atoms with E-state index in [2.05, 4.69) is 182 Å². The van der Waals surface area contributed by atoms with E-state index in [1.165, 1.54) is 20.7 Å². The van der Waals surface area contributed by atoms with Gasteiger partial charge in [-0.05, 0) is 37.2 Å². The molecule has 3 nitrogen and oxygen atoms in total. The molecule has 0 saturated heterocycles. The zero-order chi connectivity index (χ0) is 33.6. The lowest BCUT2D eigenvalue weighted by Gasteiger charge is -2.46. The topological polar surface area (TPSA) is 38.7 Å². The number of fused-ring (bicyclic) bond motifs is 1. The van der Waals surface area contributed by atoms with Gasteiger partial charge in [-0.1, -0.05) is 182 Å². The first-order valence-corrected chi connectivity index (χ1v) is 21.0. The van der Waals surface area contributed by atoms with Gasteiger partial charge in [0.15, 0.2) is 0 Å². The van der Waals surface area contributed by atoms with Gasteiger partial charge in [0.2, 0.25) is 0 Å². The van der Waals surface area contributed by atoms with Gasteiger partial charge >= 0.3 is 0 Å². The van der Waals surface area contributed by atoms with Gasteiger partial charge in [0.05, 0.1) is 6.10 Å². The molecule has 0 amide bonds. The van der Waals surface area contributed by atoms with Gasteiger partial charge in [-0.2, -0.15) is 0 Å². The first-order valence-electron chi connectivity index (χ1n) is 17.2. The van der Waals surface area contributed by atoms with Crippen LogP contribution in [-0.2, 0) is 8.85 Å². The summed E-state index contributed by atoms with van der Waals surface area (Å²) in [6.45, 7) is 17.1. The van der Waals surface area contributed by atoms with Gasteiger partial charge in [0, 0.05) is 30.0 Å². The summed E-state index contributed by atoms with van der Waals surface area (Å²) < 4.78 is 15.1. The molecule has 0 radical (unpaired) electrons. The van der Waals surface area contributed by atoms with Crippen LogP contribution in [-0.4, -0.2) is 41.1 Å². The normalized spacial score (nSPS) is 24.5. The highest BCUT2D eigenvalue weighted by Gasteiger charge is 2.73. The molecule has 4 atom stereocenters. The minimum absolute atomic E-state index is 0.0428. The summed E-state index contributed by atoms with van der Waals surface area (Å²) in [4.78, 5) is 0. The fourth-order valence-electron chi connectivity index (χ4n) is 8.61. The number of aliphatic hydroxyl groups is 1. The van der Waals surface area contributed by atoms with Crippen LogP contribution in [0.1, 0.15) is 54.9 Å². The maximum Gasteiger partial charge on any atom is 0.261 e. The number of rotatable bonds is 10. The Morgan fingerprint density at radius 1 is 0.596 bits per heavy atom. The van der Waals surface area contributed by atoms with Gasteiger partial charge in [-0.15, -0.1) is 0 Å². The van der Waals surface area contributed by atoms with Crippen LogP contribution in [0.15, 0.2) is 133 Å². The summed E-state index contributed by atoms with van der Waals surface area (Å²) >= 11 is 0. The second-order valence-electron chi connectivity index (χ2n) is 16.1. The first-order chi connectivity index (χ1) is 22.3. The van der Waals surface area contributed by atoms with Crippen molar-refractivity contribution < 1.29 is 14.0 Å². The lowest BCUT2D eigenvalue weighted by atomic mass is 9.78. The highest BCUT2D eigenvalue weighted by Crippen LogP contribution is 2.70. The average molecular weight is 661 g/mol. The van der Waals surface area contributed by atoms with Gasteiger partial charge in [-0.3, -0.25) is 0 Å². The molecule has 0 aromatic heterocycles. The molecule has 1 saturated carbocycles. The maximum atomic E-state index is 12.1. The molecule has 2 aliphatic carbocycles. The van der Waals surface area contributed by atoms with E-state index >= 15 is 0 Å². The Hall–Kier alpha value is -3.07. The molecule has 6 rings (SSSR count). The van der Waals surface area contributed by atoms with Crippen molar-refractivity contribution in [2.75, 3.05) is 13.2 Å². The first kappa shape index (κ1) is 33.8. The smallest absolute Gasteiger partial charge is 0.261 e. The zero-order valence-corrected chi connectivity index (χ0v) is 31.2. The van der Waals surface area contributed by atoms with Gasteiger partial charge in [0.1, 0.15) is 0 Å². The van der Waals surface area contributed by atoms with E-state index in [1.54, 1.807) is 0 Å². The summed E-state index contributed by atoms with van der Waals surface area (Å²) in [5, 5.41) is 16.9. The highest BCUT2D eigenvalue weighted by atomic mass is 28.4. The van der Waals surface area contributed by atoms with Crippen LogP contribution in [0.5, 0.6) is 0 Å². The van der Waals surface area contributed by atoms with E-state index in [0.29, 0.717) is 13.2 Å². The second kappa shape index (κ2) is 12.4. The fourth-order valence-corrected chi connectivity index (χ4v) is 17.9. The molecule has 1 fully saturated rings. The second-order valence-corrected chi connectivity index (χ2v) is 24.7. The molecule has 0 bridgehead atoms. The third kappa shape index (κ3) is 5.54. The molecule has 4 aromatic carbocycles. The maximum absolute atomic E-state index is 12.1. The zero-order valence-electron chi connectivity index (χ0n) is 29.2. The quantitative estimate of drug-likeness (QED) is 0.146. The molecule has 246 valence electrons. The minimum Gasteiger partial charge on any atom is -0.407 e. The van der Waals surface area contributed by atoms with Gasteiger partial charge < -0.3 is 14.0 Å². The third-order valence-electron chi connectivity index (χ3n) is 11.2. The van der Waals surface area contributed by atoms with Crippen molar-refractivity contribution in [2.24, 2.45) is 16.7 Å². The predicted octanol–water partition coefficient (Wildman–Crippen LogP) is 7.08. The molecule has 4 aromatic rings.